The van der Waals surface area contributed by atoms with Crippen molar-refractivity contribution < 1.29 is 14.3 Å². The standard InChI is InChI=1S/C25H27N3O3/c1-3-17-6-8-18(9-7-17)16-31-22-11-10-19(13-23(22)30-2)20-14-28(15-20)25(29)24-21(26)5-4-12-27-24/h4-13,20H,3,14-16,26H2,1-2H3. The van der Waals surface area contributed by atoms with E-state index in [4.69, 9.17) is 15.2 Å². The molecule has 2 N–H and O–H groups in total. The Hall–Kier alpha value is -3.54. The SMILES string of the molecule is CCc1ccc(COc2ccc(C3CN(C(=O)c4ncccc4N)C3)cc2OC)cc1. The van der Waals surface area contributed by atoms with Gasteiger partial charge in [-0.05, 0) is 47.4 Å². The normalized spacial score (nSPS) is 13.5. The zero-order valence-corrected chi connectivity index (χ0v) is 17.9. The van der Waals surface area contributed by atoms with E-state index in [1.165, 1.54) is 5.56 Å². The lowest BCUT2D eigenvalue weighted by molar-refractivity contribution is 0.0597. The van der Waals surface area contributed by atoms with E-state index in [0.29, 0.717) is 42.6 Å². The average molecular weight is 418 g/mol. The number of hydrogen-bond donors (Lipinski definition) is 1. The first-order chi connectivity index (χ1) is 15.1. The second-order valence-electron chi connectivity index (χ2n) is 7.72. The van der Waals surface area contributed by atoms with Gasteiger partial charge >= 0.3 is 0 Å². The molecule has 3 aromatic rings. The summed E-state index contributed by atoms with van der Waals surface area (Å²) < 4.78 is 11.5. The number of pyridine rings is 1. The number of carbonyl (C=O) groups is 1. The van der Waals surface area contributed by atoms with Crippen LogP contribution in [-0.2, 0) is 13.0 Å². The number of rotatable bonds is 7. The van der Waals surface area contributed by atoms with Crippen LogP contribution in [0.4, 0.5) is 5.69 Å². The van der Waals surface area contributed by atoms with Crippen molar-refractivity contribution in [3.05, 3.63) is 83.2 Å². The van der Waals surface area contributed by atoms with Crippen LogP contribution in [0.1, 0.15) is 40.0 Å². The third-order valence-electron chi connectivity index (χ3n) is 5.69. The number of methoxy groups -OCH3 is 1. The molecule has 1 aromatic heterocycles. The van der Waals surface area contributed by atoms with E-state index >= 15 is 0 Å². The zero-order chi connectivity index (χ0) is 21.8. The molecule has 1 aliphatic heterocycles. The highest BCUT2D eigenvalue weighted by Gasteiger charge is 2.34. The minimum atomic E-state index is -0.129. The van der Waals surface area contributed by atoms with Gasteiger partial charge in [-0.1, -0.05) is 37.3 Å². The first-order valence-electron chi connectivity index (χ1n) is 10.5. The lowest BCUT2D eigenvalue weighted by Gasteiger charge is -2.39. The molecule has 0 spiro atoms. The largest absolute Gasteiger partial charge is 0.493 e. The van der Waals surface area contributed by atoms with Gasteiger partial charge in [0.1, 0.15) is 6.61 Å². The number of aryl methyl sites for hydroxylation is 1. The summed E-state index contributed by atoms with van der Waals surface area (Å²) in [5.41, 5.74) is 10.1. The van der Waals surface area contributed by atoms with Crippen molar-refractivity contribution in [3.63, 3.8) is 0 Å². The molecule has 4 rings (SSSR count). The third-order valence-corrected chi connectivity index (χ3v) is 5.69. The highest BCUT2D eigenvalue weighted by atomic mass is 16.5. The lowest BCUT2D eigenvalue weighted by Crippen LogP contribution is -2.48. The van der Waals surface area contributed by atoms with Crippen LogP contribution in [0, 0.1) is 0 Å². The number of nitrogen functional groups attached to an aromatic ring is 1. The van der Waals surface area contributed by atoms with E-state index in [1.54, 1.807) is 30.3 Å². The van der Waals surface area contributed by atoms with E-state index in [-0.39, 0.29) is 11.8 Å². The van der Waals surface area contributed by atoms with Crippen molar-refractivity contribution in [2.45, 2.75) is 25.9 Å². The molecule has 1 aliphatic rings. The topological polar surface area (TPSA) is 77.7 Å². The highest BCUT2D eigenvalue weighted by molar-refractivity contribution is 5.97. The summed E-state index contributed by atoms with van der Waals surface area (Å²) in [5.74, 6) is 1.52. The van der Waals surface area contributed by atoms with Gasteiger partial charge in [0.05, 0.1) is 12.8 Å². The zero-order valence-electron chi connectivity index (χ0n) is 17.9. The Bertz CT molecular complexity index is 1060. The predicted octanol–water partition coefficient (Wildman–Crippen LogP) is 4.05. The van der Waals surface area contributed by atoms with E-state index < -0.39 is 0 Å². The number of ether oxygens (including phenoxy) is 2. The summed E-state index contributed by atoms with van der Waals surface area (Å²) in [7, 11) is 1.64. The lowest BCUT2D eigenvalue weighted by atomic mass is 9.91. The molecular formula is C25H27N3O3. The van der Waals surface area contributed by atoms with Crippen LogP contribution in [0.3, 0.4) is 0 Å². The number of aromatic nitrogens is 1. The van der Waals surface area contributed by atoms with Gasteiger partial charge < -0.3 is 20.1 Å². The summed E-state index contributed by atoms with van der Waals surface area (Å²) in [6, 6.07) is 17.8. The Labute approximate surface area is 182 Å². The van der Waals surface area contributed by atoms with Crippen molar-refractivity contribution in [1.29, 1.82) is 0 Å². The maximum Gasteiger partial charge on any atom is 0.274 e. The molecule has 0 aliphatic carbocycles. The molecule has 31 heavy (non-hydrogen) atoms. The molecule has 6 nitrogen and oxygen atoms in total. The van der Waals surface area contributed by atoms with Gasteiger partial charge in [-0.2, -0.15) is 0 Å². The summed E-state index contributed by atoms with van der Waals surface area (Å²) >= 11 is 0. The Balaban J connectivity index is 1.38. The van der Waals surface area contributed by atoms with E-state index in [9.17, 15) is 4.79 Å². The molecule has 1 fully saturated rings. The van der Waals surface area contributed by atoms with Crippen molar-refractivity contribution >= 4 is 11.6 Å². The van der Waals surface area contributed by atoms with Crippen molar-refractivity contribution in [2.75, 3.05) is 25.9 Å². The number of carbonyl (C=O) groups excluding carboxylic acids is 1. The number of hydrogen-bond acceptors (Lipinski definition) is 5. The Kier molecular flexibility index (Phi) is 6.07. The van der Waals surface area contributed by atoms with Crippen LogP contribution >= 0.6 is 0 Å². The minimum Gasteiger partial charge on any atom is -0.493 e. The summed E-state index contributed by atoms with van der Waals surface area (Å²) in [5, 5.41) is 0. The van der Waals surface area contributed by atoms with Gasteiger partial charge in [0.15, 0.2) is 17.2 Å². The van der Waals surface area contributed by atoms with E-state index in [2.05, 4.69) is 36.2 Å². The first kappa shape index (κ1) is 20.7. The molecule has 2 aromatic carbocycles. The molecule has 6 heteroatoms. The second kappa shape index (κ2) is 9.08. The molecule has 160 valence electrons. The number of nitrogens with zero attached hydrogens (tertiary/aromatic N) is 2. The van der Waals surface area contributed by atoms with E-state index in [1.807, 2.05) is 18.2 Å². The van der Waals surface area contributed by atoms with Gasteiger partial charge in [0.25, 0.3) is 5.91 Å². The van der Waals surface area contributed by atoms with Crippen LogP contribution < -0.4 is 15.2 Å². The highest BCUT2D eigenvalue weighted by Crippen LogP contribution is 2.35. The fourth-order valence-electron chi connectivity index (χ4n) is 3.69. The third kappa shape index (κ3) is 4.48. The quantitative estimate of drug-likeness (QED) is 0.627. The molecule has 0 radical (unpaired) electrons. The summed E-state index contributed by atoms with van der Waals surface area (Å²) in [6.45, 7) is 3.88. The molecule has 0 atom stereocenters. The predicted molar refractivity (Wildman–Crippen MR) is 120 cm³/mol. The minimum absolute atomic E-state index is 0.129. The van der Waals surface area contributed by atoms with Gasteiger partial charge in [0, 0.05) is 25.2 Å². The fraction of sp³-hybridized carbons (Fsp3) is 0.280. The van der Waals surface area contributed by atoms with Crippen LogP contribution in [-0.4, -0.2) is 36.0 Å². The number of anilines is 1. The van der Waals surface area contributed by atoms with Crippen molar-refractivity contribution in [3.8, 4) is 11.5 Å². The maximum absolute atomic E-state index is 12.6. The molecule has 1 amide bonds. The smallest absolute Gasteiger partial charge is 0.274 e. The van der Waals surface area contributed by atoms with Gasteiger partial charge in [-0.3, -0.25) is 4.79 Å². The van der Waals surface area contributed by atoms with Crippen LogP contribution in [0.2, 0.25) is 0 Å². The van der Waals surface area contributed by atoms with Crippen LogP contribution in [0.5, 0.6) is 11.5 Å². The second-order valence-corrected chi connectivity index (χ2v) is 7.72. The first-order valence-corrected chi connectivity index (χ1v) is 10.5. The molecule has 2 heterocycles. The molecular weight excluding hydrogens is 390 g/mol. The Morgan fingerprint density at radius 1 is 1.10 bits per heavy atom. The number of benzene rings is 2. The fourth-order valence-corrected chi connectivity index (χ4v) is 3.69. The monoisotopic (exact) mass is 417 g/mol. The summed E-state index contributed by atoms with van der Waals surface area (Å²) in [4.78, 5) is 18.5. The van der Waals surface area contributed by atoms with Gasteiger partial charge in [-0.25, -0.2) is 4.98 Å². The number of nitrogens with two attached hydrogens (primary N) is 1. The Morgan fingerprint density at radius 3 is 2.52 bits per heavy atom. The van der Waals surface area contributed by atoms with Gasteiger partial charge in [-0.15, -0.1) is 0 Å². The molecule has 0 bridgehead atoms. The number of amides is 1. The molecule has 0 unspecified atom stereocenters. The number of likely N-dealkylation sites (tertiary alicyclic amines) is 1. The van der Waals surface area contributed by atoms with Crippen molar-refractivity contribution in [2.24, 2.45) is 0 Å². The van der Waals surface area contributed by atoms with Crippen LogP contribution in [0.25, 0.3) is 0 Å². The average Bonchev–Trinajstić information content (AvgIpc) is 2.77. The Morgan fingerprint density at radius 2 is 1.84 bits per heavy atom. The summed E-state index contributed by atoms with van der Waals surface area (Å²) in [6.07, 6.45) is 2.61. The van der Waals surface area contributed by atoms with Gasteiger partial charge in [0.2, 0.25) is 0 Å². The van der Waals surface area contributed by atoms with E-state index in [0.717, 1.165) is 17.5 Å². The van der Waals surface area contributed by atoms with Crippen molar-refractivity contribution in [1.82, 2.24) is 9.88 Å². The molecule has 1 saturated heterocycles. The maximum atomic E-state index is 12.6. The molecule has 0 saturated carbocycles. The van der Waals surface area contributed by atoms with Crippen LogP contribution in [0.15, 0.2) is 60.8 Å².